The molecule has 0 heterocycles. The van der Waals surface area contributed by atoms with E-state index in [2.05, 4.69) is 0 Å². The number of nitro benzene ring substituents is 1. The van der Waals surface area contributed by atoms with E-state index < -0.39 is 39.9 Å². The van der Waals surface area contributed by atoms with Crippen LogP contribution in [0.25, 0.3) is 0 Å². The van der Waals surface area contributed by atoms with Gasteiger partial charge < -0.3 is 9.84 Å². The molecule has 1 aromatic rings. The van der Waals surface area contributed by atoms with Gasteiger partial charge in [0, 0.05) is 17.9 Å². The third-order valence-electron chi connectivity index (χ3n) is 4.16. The first-order valence-electron chi connectivity index (χ1n) is 6.27. The summed E-state index contributed by atoms with van der Waals surface area (Å²) in [5.41, 5.74) is -1.45. The molecular formula is C13H15F2NO4. The van der Waals surface area contributed by atoms with E-state index in [1.807, 2.05) is 6.92 Å². The monoisotopic (exact) mass is 287 g/mol. The lowest BCUT2D eigenvalue weighted by atomic mass is 9.63. The normalized spacial score (nSPS) is 28.9. The lowest BCUT2D eigenvalue weighted by Gasteiger charge is -2.50. The summed E-state index contributed by atoms with van der Waals surface area (Å²) in [6.45, 7) is 3.66. The minimum absolute atomic E-state index is 0.322. The molecular weight excluding hydrogens is 272 g/mol. The quantitative estimate of drug-likeness (QED) is 0.682. The van der Waals surface area contributed by atoms with Crippen LogP contribution in [0, 0.1) is 27.2 Å². The van der Waals surface area contributed by atoms with Crippen LogP contribution in [-0.4, -0.2) is 22.2 Å². The maximum Gasteiger partial charge on any atom is 0.307 e. The van der Waals surface area contributed by atoms with Crippen molar-refractivity contribution in [3.8, 4) is 5.75 Å². The van der Waals surface area contributed by atoms with Crippen molar-refractivity contribution < 1.29 is 23.5 Å². The maximum absolute atomic E-state index is 13.7. The van der Waals surface area contributed by atoms with E-state index in [9.17, 15) is 24.0 Å². The molecule has 1 aliphatic rings. The molecule has 2 rings (SSSR count). The molecule has 0 aromatic heterocycles. The van der Waals surface area contributed by atoms with Crippen LogP contribution in [0.5, 0.6) is 5.75 Å². The highest BCUT2D eigenvalue weighted by Crippen LogP contribution is 2.46. The van der Waals surface area contributed by atoms with Gasteiger partial charge in [-0.15, -0.1) is 0 Å². The number of aliphatic hydroxyl groups is 1. The van der Waals surface area contributed by atoms with Gasteiger partial charge in [0.2, 0.25) is 5.82 Å². The molecule has 1 aliphatic carbocycles. The molecule has 3 unspecified atom stereocenters. The summed E-state index contributed by atoms with van der Waals surface area (Å²) in [5.74, 6) is -2.51. The molecule has 1 N–H and O–H groups in total. The maximum atomic E-state index is 13.7. The van der Waals surface area contributed by atoms with Gasteiger partial charge in [-0.2, -0.15) is 4.39 Å². The Hall–Kier alpha value is -1.76. The Morgan fingerprint density at radius 2 is 2.15 bits per heavy atom. The van der Waals surface area contributed by atoms with Crippen molar-refractivity contribution in [2.75, 3.05) is 0 Å². The second-order valence-electron chi connectivity index (χ2n) is 5.21. The molecule has 0 bridgehead atoms. The van der Waals surface area contributed by atoms with E-state index in [4.69, 9.17) is 4.74 Å². The number of hydrogen-bond donors (Lipinski definition) is 1. The highest BCUT2D eigenvalue weighted by atomic mass is 19.1. The Bertz CT molecular complexity index is 551. The molecule has 5 nitrogen and oxygen atoms in total. The summed E-state index contributed by atoms with van der Waals surface area (Å²) in [5, 5.41) is 20.2. The van der Waals surface area contributed by atoms with Crippen molar-refractivity contribution in [2.24, 2.45) is 5.41 Å². The van der Waals surface area contributed by atoms with Crippen LogP contribution in [0.15, 0.2) is 12.1 Å². The second-order valence-corrected chi connectivity index (χ2v) is 5.21. The van der Waals surface area contributed by atoms with Crippen LogP contribution in [-0.2, 0) is 0 Å². The predicted octanol–water partition coefficient (Wildman–Crippen LogP) is 2.80. The minimum Gasteiger partial charge on any atom is -0.486 e. The van der Waals surface area contributed by atoms with Crippen LogP contribution < -0.4 is 4.74 Å². The number of nitro groups is 1. The van der Waals surface area contributed by atoms with E-state index >= 15 is 0 Å². The van der Waals surface area contributed by atoms with Gasteiger partial charge in [0.25, 0.3) is 0 Å². The molecule has 1 aromatic carbocycles. The fourth-order valence-electron chi connectivity index (χ4n) is 2.34. The van der Waals surface area contributed by atoms with Crippen LogP contribution in [0.4, 0.5) is 14.5 Å². The first-order chi connectivity index (χ1) is 9.29. The topological polar surface area (TPSA) is 72.6 Å². The summed E-state index contributed by atoms with van der Waals surface area (Å²) >= 11 is 0. The van der Waals surface area contributed by atoms with Crippen LogP contribution >= 0.6 is 0 Å². The summed E-state index contributed by atoms with van der Waals surface area (Å²) in [6.07, 6.45) is -0.0560. The molecule has 0 radical (unpaired) electrons. The number of ether oxygens (including phenoxy) is 1. The summed E-state index contributed by atoms with van der Waals surface area (Å²) < 4.78 is 32.5. The highest BCUT2D eigenvalue weighted by molar-refractivity contribution is 5.39. The number of benzene rings is 1. The van der Waals surface area contributed by atoms with E-state index in [-0.39, 0.29) is 5.75 Å². The Labute approximate surface area is 114 Å². The van der Waals surface area contributed by atoms with Crippen molar-refractivity contribution in [1.82, 2.24) is 0 Å². The van der Waals surface area contributed by atoms with E-state index in [1.165, 1.54) is 0 Å². The summed E-state index contributed by atoms with van der Waals surface area (Å²) in [4.78, 5) is 9.50. The van der Waals surface area contributed by atoms with Crippen molar-refractivity contribution in [3.63, 3.8) is 0 Å². The third-order valence-corrected chi connectivity index (χ3v) is 4.16. The average Bonchev–Trinajstić information content (AvgIpc) is 2.40. The lowest BCUT2D eigenvalue weighted by molar-refractivity contribution is -0.387. The van der Waals surface area contributed by atoms with Crippen molar-refractivity contribution in [3.05, 3.63) is 33.9 Å². The molecule has 0 amide bonds. The van der Waals surface area contributed by atoms with Gasteiger partial charge in [0.1, 0.15) is 6.10 Å². The number of aliphatic hydroxyl groups excluding tert-OH is 1. The first kappa shape index (κ1) is 14.6. The fraction of sp³-hybridized carbons (Fsp3) is 0.538. The van der Waals surface area contributed by atoms with Gasteiger partial charge in [-0.3, -0.25) is 10.1 Å². The lowest BCUT2D eigenvalue weighted by Crippen LogP contribution is -2.57. The van der Waals surface area contributed by atoms with Gasteiger partial charge in [-0.1, -0.05) is 13.8 Å². The smallest absolute Gasteiger partial charge is 0.307 e. The highest BCUT2D eigenvalue weighted by Gasteiger charge is 2.51. The SMILES string of the molecule is CCC1(C)C(O)CC1Oc1cc(F)c([N+](=O)[O-])cc1F. The zero-order valence-electron chi connectivity index (χ0n) is 11.1. The molecule has 110 valence electrons. The minimum atomic E-state index is -1.15. The number of nitrogens with zero attached hydrogens (tertiary/aromatic N) is 1. The zero-order chi connectivity index (χ0) is 15.1. The predicted molar refractivity (Wildman–Crippen MR) is 66.5 cm³/mol. The largest absolute Gasteiger partial charge is 0.486 e. The Kier molecular flexibility index (Phi) is 3.64. The van der Waals surface area contributed by atoms with Crippen molar-refractivity contribution >= 4 is 5.69 Å². The molecule has 7 heteroatoms. The number of halogens is 2. The Morgan fingerprint density at radius 1 is 1.50 bits per heavy atom. The van der Waals surface area contributed by atoms with Gasteiger partial charge in [-0.25, -0.2) is 4.39 Å². The molecule has 3 atom stereocenters. The van der Waals surface area contributed by atoms with Gasteiger partial charge in [0.15, 0.2) is 11.6 Å². The van der Waals surface area contributed by atoms with Crippen molar-refractivity contribution in [2.45, 2.75) is 38.9 Å². The van der Waals surface area contributed by atoms with E-state index in [0.717, 1.165) is 0 Å². The second kappa shape index (κ2) is 4.97. The number of hydrogen-bond acceptors (Lipinski definition) is 4. The standard InChI is InChI=1S/C13H15F2NO4/c1-3-13(2)11(17)6-12(13)20-10-5-7(14)9(16(18)19)4-8(10)15/h4-5,11-12,17H,3,6H2,1-2H3. The van der Waals surface area contributed by atoms with E-state index in [0.29, 0.717) is 25.0 Å². The third kappa shape index (κ3) is 2.22. The van der Waals surface area contributed by atoms with Crippen molar-refractivity contribution in [1.29, 1.82) is 0 Å². The van der Waals surface area contributed by atoms with Gasteiger partial charge in [-0.05, 0) is 6.42 Å². The summed E-state index contributed by atoms with van der Waals surface area (Å²) in [7, 11) is 0. The number of rotatable bonds is 4. The molecule has 20 heavy (non-hydrogen) atoms. The average molecular weight is 287 g/mol. The molecule has 1 fully saturated rings. The Balaban J connectivity index is 2.23. The van der Waals surface area contributed by atoms with Crippen LogP contribution in [0.3, 0.4) is 0 Å². The van der Waals surface area contributed by atoms with Gasteiger partial charge in [0.05, 0.1) is 17.1 Å². The van der Waals surface area contributed by atoms with Crippen LogP contribution in [0.2, 0.25) is 0 Å². The summed E-state index contributed by atoms with van der Waals surface area (Å²) in [6, 6.07) is 1.18. The van der Waals surface area contributed by atoms with E-state index in [1.54, 1.807) is 6.92 Å². The Morgan fingerprint density at radius 3 is 2.65 bits per heavy atom. The molecule has 0 saturated heterocycles. The molecule has 0 aliphatic heterocycles. The van der Waals surface area contributed by atoms with Crippen LogP contribution in [0.1, 0.15) is 26.7 Å². The molecule has 0 spiro atoms. The fourth-order valence-corrected chi connectivity index (χ4v) is 2.34. The first-order valence-corrected chi connectivity index (χ1v) is 6.27. The zero-order valence-corrected chi connectivity index (χ0v) is 11.1. The molecule has 1 saturated carbocycles. The van der Waals surface area contributed by atoms with Gasteiger partial charge >= 0.3 is 5.69 Å².